The van der Waals surface area contributed by atoms with Crippen molar-refractivity contribution in [1.82, 2.24) is 20.2 Å². The zero-order valence-corrected chi connectivity index (χ0v) is 11.6. The van der Waals surface area contributed by atoms with Crippen molar-refractivity contribution in [2.75, 3.05) is 5.33 Å². The van der Waals surface area contributed by atoms with Crippen molar-refractivity contribution in [2.45, 2.75) is 6.54 Å². The van der Waals surface area contributed by atoms with Crippen LogP contribution in [-0.2, 0) is 6.54 Å². The number of halogens is 1. The summed E-state index contributed by atoms with van der Waals surface area (Å²) in [7, 11) is 0. The van der Waals surface area contributed by atoms with Crippen molar-refractivity contribution in [2.24, 2.45) is 5.16 Å². The zero-order valence-electron chi connectivity index (χ0n) is 10.0. The molecule has 20 heavy (non-hydrogen) atoms. The van der Waals surface area contributed by atoms with Gasteiger partial charge in [0.1, 0.15) is 5.71 Å². The number of rotatable bonds is 5. The molecule has 0 bridgehead atoms. The first-order chi connectivity index (χ1) is 9.65. The Morgan fingerprint density at radius 1 is 1.45 bits per heavy atom. The second kappa shape index (κ2) is 6.19. The number of benzene rings is 1. The van der Waals surface area contributed by atoms with Crippen LogP contribution < -0.4 is 0 Å². The highest BCUT2D eigenvalue weighted by atomic mass is 79.9. The van der Waals surface area contributed by atoms with E-state index in [2.05, 4.69) is 36.6 Å². The van der Waals surface area contributed by atoms with E-state index in [4.69, 9.17) is 5.21 Å². The van der Waals surface area contributed by atoms with Crippen LogP contribution >= 0.6 is 15.9 Å². The Morgan fingerprint density at radius 3 is 2.70 bits per heavy atom. The van der Waals surface area contributed by atoms with E-state index in [-0.39, 0.29) is 11.4 Å². The van der Waals surface area contributed by atoms with Crippen molar-refractivity contribution < 1.29 is 10.1 Å². The van der Waals surface area contributed by atoms with Gasteiger partial charge in [0, 0.05) is 12.1 Å². The van der Waals surface area contributed by atoms with Gasteiger partial charge in [-0.1, -0.05) is 33.2 Å². The summed E-state index contributed by atoms with van der Waals surface area (Å²) in [6, 6.07) is 6.05. The average molecular weight is 341 g/mol. The Balaban J connectivity index is 2.22. The van der Waals surface area contributed by atoms with Crippen LogP contribution in [0.2, 0.25) is 0 Å². The van der Waals surface area contributed by atoms with Crippen LogP contribution in [0.3, 0.4) is 0 Å². The summed E-state index contributed by atoms with van der Waals surface area (Å²) in [6.45, 7) is 0.312. The van der Waals surface area contributed by atoms with Gasteiger partial charge in [0.15, 0.2) is 0 Å². The monoisotopic (exact) mass is 340 g/mol. The highest BCUT2D eigenvalue weighted by Crippen LogP contribution is 2.13. The molecule has 0 atom stereocenters. The quantitative estimate of drug-likeness (QED) is 0.287. The van der Waals surface area contributed by atoms with Gasteiger partial charge in [-0.15, -0.1) is 5.10 Å². The Labute approximate surface area is 121 Å². The van der Waals surface area contributed by atoms with Gasteiger partial charge in [-0.2, -0.15) is 0 Å². The third kappa shape index (κ3) is 2.96. The van der Waals surface area contributed by atoms with Crippen LogP contribution in [0.25, 0.3) is 0 Å². The largest absolute Gasteiger partial charge is 0.411 e. The number of tetrazole rings is 1. The molecular weight excluding hydrogens is 332 g/mol. The molecule has 2 aromatic rings. The van der Waals surface area contributed by atoms with E-state index in [1.165, 1.54) is 16.8 Å². The van der Waals surface area contributed by atoms with E-state index in [1.807, 2.05) is 0 Å². The Kier molecular flexibility index (Phi) is 4.35. The molecule has 0 unspecified atom stereocenters. The second-order valence-electron chi connectivity index (χ2n) is 3.76. The van der Waals surface area contributed by atoms with Crippen molar-refractivity contribution in [3.63, 3.8) is 0 Å². The molecule has 0 amide bonds. The van der Waals surface area contributed by atoms with Crippen LogP contribution in [0, 0.1) is 10.1 Å². The summed E-state index contributed by atoms with van der Waals surface area (Å²) in [6.07, 6.45) is 0. The number of nitrogens with zero attached hydrogens (tertiary/aromatic N) is 6. The fraction of sp³-hybridized carbons (Fsp3) is 0.200. The molecule has 1 heterocycles. The summed E-state index contributed by atoms with van der Waals surface area (Å²) < 4.78 is 1.44. The van der Waals surface area contributed by atoms with Crippen molar-refractivity contribution >= 4 is 27.3 Å². The molecule has 0 saturated carbocycles. The molecule has 9 nitrogen and oxygen atoms in total. The maximum Gasteiger partial charge on any atom is 0.269 e. The molecule has 0 radical (unpaired) electrons. The van der Waals surface area contributed by atoms with Gasteiger partial charge in [-0.25, -0.2) is 4.68 Å². The number of nitro benzene ring substituents is 1. The number of non-ortho nitro benzene ring substituents is 1. The lowest BCUT2D eigenvalue weighted by Crippen LogP contribution is -2.14. The molecule has 1 aromatic heterocycles. The van der Waals surface area contributed by atoms with Gasteiger partial charge in [0.05, 0.1) is 16.8 Å². The number of alkyl halides is 1. The molecule has 104 valence electrons. The first kappa shape index (κ1) is 14.1. The zero-order chi connectivity index (χ0) is 14.5. The van der Waals surface area contributed by atoms with Crippen LogP contribution in [0.15, 0.2) is 29.4 Å². The van der Waals surface area contributed by atoms with Gasteiger partial charge in [-0.05, 0) is 16.0 Å². The van der Waals surface area contributed by atoms with Gasteiger partial charge in [0.25, 0.3) is 5.69 Å². The van der Waals surface area contributed by atoms with E-state index in [0.717, 1.165) is 5.56 Å². The molecule has 0 fully saturated rings. The predicted octanol–water partition coefficient (Wildman–Crippen LogP) is 1.20. The summed E-state index contributed by atoms with van der Waals surface area (Å²) in [5, 5.41) is 33.9. The number of oxime groups is 1. The smallest absolute Gasteiger partial charge is 0.269 e. The molecule has 0 spiro atoms. The predicted molar refractivity (Wildman–Crippen MR) is 72.1 cm³/mol. The van der Waals surface area contributed by atoms with Crippen molar-refractivity contribution in [3.8, 4) is 0 Å². The molecular formula is C10H9BrN6O3. The Bertz CT molecular complexity index is 639. The van der Waals surface area contributed by atoms with E-state index in [1.54, 1.807) is 12.1 Å². The molecule has 0 saturated heterocycles. The third-order valence-corrected chi connectivity index (χ3v) is 3.05. The van der Waals surface area contributed by atoms with Crippen LogP contribution in [0.1, 0.15) is 11.4 Å². The van der Waals surface area contributed by atoms with Crippen molar-refractivity contribution in [3.05, 3.63) is 45.8 Å². The normalized spacial score (nSPS) is 11.6. The Hall–Kier alpha value is -2.36. The maximum absolute atomic E-state index is 10.6. The van der Waals surface area contributed by atoms with Crippen LogP contribution in [0.4, 0.5) is 5.69 Å². The standard InChI is InChI=1S/C10H9BrN6O3/c11-5-9(13-18)10-12-14-15-16(10)6-7-1-3-8(4-2-7)17(19)20/h1-4,18H,5-6H2. The van der Waals surface area contributed by atoms with E-state index in [0.29, 0.717) is 17.7 Å². The van der Waals surface area contributed by atoms with E-state index in [9.17, 15) is 10.1 Å². The lowest BCUT2D eigenvalue weighted by molar-refractivity contribution is -0.384. The summed E-state index contributed by atoms with van der Waals surface area (Å²) in [5.41, 5.74) is 1.09. The minimum Gasteiger partial charge on any atom is -0.411 e. The SMILES string of the molecule is O=[N+]([O-])c1ccc(Cn2nnnc2C(CBr)=NO)cc1. The summed E-state index contributed by atoms with van der Waals surface area (Å²) in [4.78, 5) is 10.1. The molecule has 10 heteroatoms. The van der Waals surface area contributed by atoms with Gasteiger partial charge >= 0.3 is 0 Å². The molecule has 0 aliphatic carbocycles. The minimum atomic E-state index is -0.465. The number of aromatic nitrogens is 4. The highest BCUT2D eigenvalue weighted by molar-refractivity contribution is 9.09. The third-order valence-electron chi connectivity index (χ3n) is 2.52. The van der Waals surface area contributed by atoms with Gasteiger partial charge in [0.2, 0.25) is 5.82 Å². The van der Waals surface area contributed by atoms with E-state index >= 15 is 0 Å². The number of nitro groups is 1. The van der Waals surface area contributed by atoms with Crippen LogP contribution in [0.5, 0.6) is 0 Å². The fourth-order valence-corrected chi connectivity index (χ4v) is 1.91. The second-order valence-corrected chi connectivity index (χ2v) is 4.32. The number of hydrogen-bond acceptors (Lipinski definition) is 7. The first-order valence-electron chi connectivity index (χ1n) is 5.42. The topological polar surface area (TPSA) is 119 Å². The first-order valence-corrected chi connectivity index (χ1v) is 6.54. The van der Waals surface area contributed by atoms with Crippen molar-refractivity contribution in [1.29, 1.82) is 0 Å². The lowest BCUT2D eigenvalue weighted by Gasteiger charge is -2.04. The highest BCUT2D eigenvalue weighted by Gasteiger charge is 2.14. The average Bonchev–Trinajstić information content (AvgIpc) is 2.89. The lowest BCUT2D eigenvalue weighted by atomic mass is 10.2. The molecule has 2 rings (SSSR count). The maximum atomic E-state index is 10.6. The molecule has 1 aromatic carbocycles. The Morgan fingerprint density at radius 2 is 2.15 bits per heavy atom. The molecule has 0 aliphatic heterocycles. The molecule has 1 N–H and O–H groups in total. The van der Waals surface area contributed by atoms with Gasteiger partial charge < -0.3 is 5.21 Å². The minimum absolute atomic E-state index is 0.0174. The van der Waals surface area contributed by atoms with Crippen LogP contribution in [-0.4, -0.2) is 41.4 Å². The number of hydrogen-bond donors (Lipinski definition) is 1. The molecule has 0 aliphatic rings. The summed E-state index contributed by atoms with van der Waals surface area (Å²) in [5.74, 6) is 0.322. The fourth-order valence-electron chi connectivity index (χ4n) is 1.55. The van der Waals surface area contributed by atoms with E-state index < -0.39 is 4.92 Å². The van der Waals surface area contributed by atoms with Gasteiger partial charge in [-0.3, -0.25) is 10.1 Å². The summed E-state index contributed by atoms with van der Waals surface area (Å²) >= 11 is 3.17.